The van der Waals surface area contributed by atoms with Crippen LogP contribution in [0.5, 0.6) is 0 Å². The molecule has 1 aliphatic rings. The minimum absolute atomic E-state index is 0.0310. The maximum Gasteiger partial charge on any atom is 0.238 e. The lowest BCUT2D eigenvalue weighted by atomic mass is 9.93. The van der Waals surface area contributed by atoms with Crippen molar-refractivity contribution in [2.45, 2.75) is 39.7 Å². The van der Waals surface area contributed by atoms with Crippen molar-refractivity contribution in [1.82, 2.24) is 15.5 Å². The third-order valence-corrected chi connectivity index (χ3v) is 3.95. The van der Waals surface area contributed by atoms with Gasteiger partial charge in [-0.1, -0.05) is 0 Å². The van der Waals surface area contributed by atoms with E-state index < -0.39 is 0 Å². The van der Waals surface area contributed by atoms with Gasteiger partial charge in [0.25, 0.3) is 0 Å². The highest BCUT2D eigenvalue weighted by atomic mass is 16.5. The van der Waals surface area contributed by atoms with E-state index in [4.69, 9.17) is 4.74 Å². The van der Waals surface area contributed by atoms with Crippen molar-refractivity contribution in [1.29, 1.82) is 0 Å². The second-order valence-electron chi connectivity index (χ2n) is 5.48. The smallest absolute Gasteiger partial charge is 0.238 e. The molecule has 112 valence electrons. The molecule has 0 radical (unpaired) electrons. The van der Waals surface area contributed by atoms with E-state index in [0.29, 0.717) is 18.5 Å². The summed E-state index contributed by atoms with van der Waals surface area (Å²) in [5.41, 5.74) is 2.48. The summed E-state index contributed by atoms with van der Waals surface area (Å²) in [5, 5.41) is 13.1. The average Bonchev–Trinajstić information content (AvgIpc) is 2.77. The van der Waals surface area contributed by atoms with E-state index in [1.165, 1.54) is 0 Å². The lowest BCUT2D eigenvalue weighted by molar-refractivity contribution is -0.115. The van der Waals surface area contributed by atoms with Crippen LogP contribution in [0, 0.1) is 19.8 Å². The SMILES string of the molecule is Cc1n[nH]c(C)c1NC(=O)CN[C@@H](C)C1CCOCC1. The van der Waals surface area contributed by atoms with Crippen LogP contribution in [0.1, 0.15) is 31.2 Å². The van der Waals surface area contributed by atoms with Gasteiger partial charge < -0.3 is 15.4 Å². The number of nitrogens with zero attached hydrogens (tertiary/aromatic N) is 1. The average molecular weight is 280 g/mol. The fraction of sp³-hybridized carbons (Fsp3) is 0.714. The first kappa shape index (κ1) is 15.0. The number of carbonyl (C=O) groups is 1. The van der Waals surface area contributed by atoms with Gasteiger partial charge in [0, 0.05) is 19.3 Å². The van der Waals surface area contributed by atoms with Crippen LogP contribution in [0.15, 0.2) is 0 Å². The number of rotatable bonds is 5. The summed E-state index contributed by atoms with van der Waals surface area (Å²) >= 11 is 0. The maximum absolute atomic E-state index is 12.0. The first-order valence-corrected chi connectivity index (χ1v) is 7.20. The number of carbonyl (C=O) groups excluding carboxylic acids is 1. The first-order chi connectivity index (χ1) is 9.58. The molecule has 1 aromatic rings. The van der Waals surface area contributed by atoms with Crippen LogP contribution in [0.2, 0.25) is 0 Å². The minimum atomic E-state index is -0.0310. The van der Waals surface area contributed by atoms with Crippen LogP contribution in [-0.4, -0.2) is 41.9 Å². The molecule has 0 bridgehead atoms. The third kappa shape index (κ3) is 3.80. The Hall–Kier alpha value is -1.40. The monoisotopic (exact) mass is 280 g/mol. The van der Waals surface area contributed by atoms with Gasteiger partial charge in [0.2, 0.25) is 5.91 Å². The number of H-pyrrole nitrogens is 1. The van der Waals surface area contributed by atoms with Gasteiger partial charge in [0.05, 0.1) is 23.6 Å². The fourth-order valence-electron chi connectivity index (χ4n) is 2.55. The highest BCUT2D eigenvalue weighted by Gasteiger charge is 2.20. The van der Waals surface area contributed by atoms with Gasteiger partial charge in [-0.3, -0.25) is 9.89 Å². The molecule has 2 rings (SSSR count). The molecule has 0 spiro atoms. The van der Waals surface area contributed by atoms with Crippen molar-refractivity contribution in [2.24, 2.45) is 5.92 Å². The molecule has 1 atom stereocenters. The highest BCUT2D eigenvalue weighted by molar-refractivity contribution is 5.93. The Balaban J connectivity index is 1.77. The Kier molecular flexibility index (Phi) is 5.14. The Morgan fingerprint density at radius 3 is 2.75 bits per heavy atom. The van der Waals surface area contributed by atoms with Crippen molar-refractivity contribution in [3.63, 3.8) is 0 Å². The summed E-state index contributed by atoms with van der Waals surface area (Å²) in [7, 11) is 0. The van der Waals surface area contributed by atoms with Crippen LogP contribution in [0.25, 0.3) is 0 Å². The highest BCUT2D eigenvalue weighted by Crippen LogP contribution is 2.18. The van der Waals surface area contributed by atoms with Crippen molar-refractivity contribution in [3.05, 3.63) is 11.4 Å². The molecule has 6 heteroatoms. The molecule has 1 fully saturated rings. The number of nitrogens with one attached hydrogen (secondary N) is 3. The van der Waals surface area contributed by atoms with E-state index in [-0.39, 0.29) is 5.91 Å². The van der Waals surface area contributed by atoms with Crippen LogP contribution >= 0.6 is 0 Å². The Morgan fingerprint density at radius 1 is 1.45 bits per heavy atom. The molecule has 20 heavy (non-hydrogen) atoms. The van der Waals surface area contributed by atoms with Gasteiger partial charge in [-0.25, -0.2) is 0 Å². The Morgan fingerprint density at radius 2 is 2.15 bits per heavy atom. The van der Waals surface area contributed by atoms with Gasteiger partial charge in [-0.2, -0.15) is 5.10 Å². The number of ether oxygens (including phenoxy) is 1. The quantitative estimate of drug-likeness (QED) is 0.761. The molecular formula is C14H24N4O2. The fourth-order valence-corrected chi connectivity index (χ4v) is 2.55. The summed E-state index contributed by atoms with van der Waals surface area (Å²) in [5.74, 6) is 0.561. The van der Waals surface area contributed by atoms with Crippen LogP contribution in [-0.2, 0) is 9.53 Å². The molecule has 0 aliphatic carbocycles. The van der Waals surface area contributed by atoms with E-state index in [0.717, 1.165) is 43.1 Å². The van der Waals surface area contributed by atoms with Crippen molar-refractivity contribution >= 4 is 11.6 Å². The molecule has 0 saturated carbocycles. The summed E-state index contributed by atoms with van der Waals surface area (Å²) in [6.45, 7) is 7.89. The van der Waals surface area contributed by atoms with Crippen LogP contribution in [0.4, 0.5) is 5.69 Å². The Labute approximate surface area is 119 Å². The molecule has 1 aromatic heterocycles. The lowest BCUT2D eigenvalue weighted by Crippen LogP contribution is -2.40. The number of aromatic nitrogens is 2. The topological polar surface area (TPSA) is 79.0 Å². The number of hydrogen-bond donors (Lipinski definition) is 3. The number of hydrogen-bond acceptors (Lipinski definition) is 4. The molecule has 1 aliphatic heterocycles. The zero-order chi connectivity index (χ0) is 14.5. The molecule has 0 aromatic carbocycles. The summed E-state index contributed by atoms with van der Waals surface area (Å²) < 4.78 is 5.35. The largest absolute Gasteiger partial charge is 0.381 e. The van der Waals surface area contributed by atoms with Gasteiger partial charge in [0.1, 0.15) is 0 Å². The predicted molar refractivity (Wildman–Crippen MR) is 77.7 cm³/mol. The molecule has 0 unspecified atom stereocenters. The van der Waals surface area contributed by atoms with Gasteiger partial charge in [-0.15, -0.1) is 0 Å². The van der Waals surface area contributed by atoms with E-state index in [9.17, 15) is 4.79 Å². The van der Waals surface area contributed by atoms with Gasteiger partial charge >= 0.3 is 0 Å². The zero-order valence-corrected chi connectivity index (χ0v) is 12.5. The van der Waals surface area contributed by atoms with E-state index >= 15 is 0 Å². The molecule has 1 saturated heterocycles. The summed E-state index contributed by atoms with van der Waals surface area (Å²) in [6.07, 6.45) is 2.13. The van der Waals surface area contributed by atoms with E-state index in [1.54, 1.807) is 0 Å². The molecule has 2 heterocycles. The predicted octanol–water partition coefficient (Wildman–Crippen LogP) is 1.37. The minimum Gasteiger partial charge on any atom is -0.381 e. The molecule has 1 amide bonds. The Bertz CT molecular complexity index is 433. The standard InChI is InChI=1S/C14H24N4O2/c1-9(12-4-6-20-7-5-12)15-8-13(19)16-14-10(2)17-18-11(14)3/h9,12,15H,4-8H2,1-3H3,(H,16,19)(H,17,18)/t9-/m0/s1. The summed E-state index contributed by atoms with van der Waals surface area (Å²) in [6, 6.07) is 0.330. The van der Waals surface area contributed by atoms with Crippen molar-refractivity contribution in [2.75, 3.05) is 25.1 Å². The second-order valence-corrected chi connectivity index (χ2v) is 5.48. The number of amides is 1. The number of anilines is 1. The second kappa shape index (κ2) is 6.85. The number of aromatic amines is 1. The normalized spacial score (nSPS) is 17.9. The lowest BCUT2D eigenvalue weighted by Gasteiger charge is -2.28. The maximum atomic E-state index is 12.0. The van der Waals surface area contributed by atoms with E-state index in [1.807, 2.05) is 13.8 Å². The van der Waals surface area contributed by atoms with Crippen LogP contribution in [0.3, 0.4) is 0 Å². The van der Waals surface area contributed by atoms with Crippen molar-refractivity contribution < 1.29 is 9.53 Å². The van der Waals surface area contributed by atoms with Crippen LogP contribution < -0.4 is 10.6 Å². The molecule has 6 nitrogen and oxygen atoms in total. The number of aryl methyl sites for hydroxylation is 2. The summed E-state index contributed by atoms with van der Waals surface area (Å²) in [4.78, 5) is 12.0. The third-order valence-electron chi connectivity index (χ3n) is 3.95. The molecular weight excluding hydrogens is 256 g/mol. The van der Waals surface area contributed by atoms with E-state index in [2.05, 4.69) is 27.8 Å². The van der Waals surface area contributed by atoms with Crippen molar-refractivity contribution in [3.8, 4) is 0 Å². The van der Waals surface area contributed by atoms with Gasteiger partial charge in [0.15, 0.2) is 0 Å². The first-order valence-electron chi connectivity index (χ1n) is 7.20. The van der Waals surface area contributed by atoms with Gasteiger partial charge in [-0.05, 0) is 39.5 Å². The molecule has 3 N–H and O–H groups in total. The zero-order valence-electron chi connectivity index (χ0n) is 12.5.